The van der Waals surface area contributed by atoms with Crippen molar-refractivity contribution in [3.63, 3.8) is 0 Å². The highest BCUT2D eigenvalue weighted by molar-refractivity contribution is 6.04. The number of benzene rings is 1. The predicted octanol–water partition coefficient (Wildman–Crippen LogP) is 1.60. The molecule has 10 heteroatoms. The lowest BCUT2D eigenvalue weighted by Crippen LogP contribution is -2.60. The Balaban J connectivity index is 1.23. The zero-order valence-corrected chi connectivity index (χ0v) is 18.8. The van der Waals surface area contributed by atoms with Gasteiger partial charge in [-0.25, -0.2) is 14.2 Å². The Kier molecular flexibility index (Phi) is 5.97. The van der Waals surface area contributed by atoms with Crippen molar-refractivity contribution in [2.75, 3.05) is 31.5 Å². The topological polar surface area (TPSA) is 119 Å². The van der Waals surface area contributed by atoms with Crippen LogP contribution in [0.3, 0.4) is 0 Å². The molecule has 1 aromatic carbocycles. The van der Waals surface area contributed by atoms with E-state index in [1.54, 1.807) is 4.90 Å². The van der Waals surface area contributed by atoms with Crippen molar-refractivity contribution < 1.29 is 9.18 Å². The molecule has 2 amide bonds. The van der Waals surface area contributed by atoms with Gasteiger partial charge in [0.2, 0.25) is 0 Å². The number of hydrogen-bond acceptors (Lipinski definition) is 7. The van der Waals surface area contributed by atoms with Crippen LogP contribution in [-0.2, 0) is 0 Å². The first kappa shape index (κ1) is 22.0. The fourth-order valence-electron chi connectivity index (χ4n) is 4.54. The highest BCUT2D eigenvalue weighted by atomic mass is 19.1. The van der Waals surface area contributed by atoms with E-state index in [2.05, 4.69) is 31.6 Å². The number of allylic oxidation sites excluding steroid dienone is 2. The van der Waals surface area contributed by atoms with Gasteiger partial charge in [0.25, 0.3) is 0 Å². The van der Waals surface area contributed by atoms with Crippen molar-refractivity contribution in [1.29, 1.82) is 0 Å². The van der Waals surface area contributed by atoms with Gasteiger partial charge in [0.05, 0.1) is 12.1 Å². The summed E-state index contributed by atoms with van der Waals surface area (Å²) in [5, 5.41) is 15.5. The molecule has 4 heterocycles. The highest BCUT2D eigenvalue weighted by Gasteiger charge is 2.35. The molecular weight excluding hydrogens is 435 g/mol. The number of amides is 2. The average Bonchev–Trinajstić information content (AvgIpc) is 3.28. The molecule has 0 spiro atoms. The van der Waals surface area contributed by atoms with E-state index in [1.165, 1.54) is 0 Å². The van der Waals surface area contributed by atoms with Crippen LogP contribution in [0.4, 0.5) is 14.9 Å². The number of nitrogens with one attached hydrogen (secondary N) is 5. The van der Waals surface area contributed by atoms with Crippen LogP contribution in [0.1, 0.15) is 12.8 Å². The first-order valence-electron chi connectivity index (χ1n) is 11.5. The monoisotopic (exact) mass is 464 g/mol. The number of amidine groups is 1. The van der Waals surface area contributed by atoms with Gasteiger partial charge in [0.1, 0.15) is 12.0 Å². The minimum absolute atomic E-state index is 0.0146. The Bertz CT molecular complexity index is 1110. The summed E-state index contributed by atoms with van der Waals surface area (Å²) >= 11 is 0. The molecule has 9 nitrogen and oxygen atoms in total. The number of nitrogens with zero attached hydrogens (tertiary/aromatic N) is 2. The van der Waals surface area contributed by atoms with Gasteiger partial charge in [-0.05, 0) is 37.3 Å². The Hall–Kier alpha value is -3.79. The number of para-hydroxylation sites is 1. The van der Waals surface area contributed by atoms with Crippen LogP contribution in [0.25, 0.3) is 0 Å². The van der Waals surface area contributed by atoms with Gasteiger partial charge < -0.3 is 37.2 Å². The molecule has 7 N–H and O–H groups in total. The summed E-state index contributed by atoms with van der Waals surface area (Å²) in [6.07, 6.45) is 9.15. The summed E-state index contributed by atoms with van der Waals surface area (Å²) in [4.78, 5) is 19.0. The van der Waals surface area contributed by atoms with Gasteiger partial charge in [-0.2, -0.15) is 0 Å². The Morgan fingerprint density at radius 1 is 1.29 bits per heavy atom. The standard InChI is InChI=1S/C24H29FN8O/c25-19-13-29-21(18-12-28-20-17(18)8-4-10-27-20)32-22(19)30-14-24(26)9-5-11-33(15-24)23(34)31-16-6-2-1-3-7-16/h1-4,6-8,10,12,20,27-28,30H,5,9,11,13-15,26H2,(H,29,32)(H,31,34)/t20?,24-/m0/s1. The molecule has 34 heavy (non-hydrogen) atoms. The minimum atomic E-state index is -0.694. The van der Waals surface area contributed by atoms with Crippen molar-refractivity contribution in [3.8, 4) is 0 Å². The third-order valence-electron chi connectivity index (χ3n) is 6.33. The maximum atomic E-state index is 14.6. The number of urea groups is 1. The molecule has 4 aliphatic heterocycles. The van der Waals surface area contributed by atoms with E-state index < -0.39 is 5.54 Å². The molecular formula is C24H29FN8O. The Labute approximate surface area is 197 Å². The van der Waals surface area contributed by atoms with E-state index in [0.29, 0.717) is 25.5 Å². The normalized spacial score (nSPS) is 25.8. The van der Waals surface area contributed by atoms with Gasteiger partial charge in [0.15, 0.2) is 11.6 Å². The number of piperidine rings is 1. The van der Waals surface area contributed by atoms with E-state index >= 15 is 0 Å². The largest absolute Gasteiger partial charge is 0.368 e. The lowest BCUT2D eigenvalue weighted by atomic mass is 9.90. The van der Waals surface area contributed by atoms with Crippen LogP contribution >= 0.6 is 0 Å². The van der Waals surface area contributed by atoms with Crippen LogP contribution in [0.15, 0.2) is 82.7 Å². The Morgan fingerprint density at radius 3 is 3.00 bits per heavy atom. The molecule has 4 aliphatic rings. The van der Waals surface area contributed by atoms with Crippen molar-refractivity contribution in [3.05, 3.63) is 77.7 Å². The van der Waals surface area contributed by atoms with E-state index in [4.69, 9.17) is 5.73 Å². The van der Waals surface area contributed by atoms with Gasteiger partial charge in [-0.3, -0.25) is 0 Å². The molecule has 0 radical (unpaired) electrons. The van der Waals surface area contributed by atoms with Crippen LogP contribution in [0.2, 0.25) is 0 Å². The summed E-state index contributed by atoms with van der Waals surface area (Å²) < 4.78 is 14.6. The van der Waals surface area contributed by atoms with Gasteiger partial charge in [-0.15, -0.1) is 0 Å². The zero-order chi connectivity index (χ0) is 23.5. The number of carbonyl (C=O) groups is 1. The number of likely N-dealkylation sites (tertiary alicyclic amines) is 1. The van der Waals surface area contributed by atoms with E-state index in [1.807, 2.05) is 54.9 Å². The molecule has 1 aromatic rings. The molecule has 5 rings (SSSR count). The van der Waals surface area contributed by atoms with Crippen LogP contribution in [0, 0.1) is 0 Å². The van der Waals surface area contributed by atoms with Crippen molar-refractivity contribution in [1.82, 2.24) is 26.2 Å². The number of nitrogens with two attached hydrogens (primary N) is 1. The number of anilines is 1. The number of halogens is 1. The Morgan fingerprint density at radius 2 is 2.15 bits per heavy atom. The number of fused-ring (bicyclic) bond motifs is 1. The zero-order valence-electron chi connectivity index (χ0n) is 18.8. The van der Waals surface area contributed by atoms with Crippen molar-refractivity contribution in [2.24, 2.45) is 10.7 Å². The van der Waals surface area contributed by atoms with E-state index in [-0.39, 0.29) is 30.4 Å². The first-order valence-corrected chi connectivity index (χ1v) is 11.5. The third-order valence-corrected chi connectivity index (χ3v) is 6.33. The molecule has 0 aliphatic carbocycles. The fraction of sp³-hybridized carbons (Fsp3) is 0.333. The second kappa shape index (κ2) is 9.22. The smallest absolute Gasteiger partial charge is 0.321 e. The second-order valence-corrected chi connectivity index (χ2v) is 8.91. The first-order chi connectivity index (χ1) is 16.5. The average molecular weight is 465 g/mol. The van der Waals surface area contributed by atoms with Crippen molar-refractivity contribution in [2.45, 2.75) is 24.5 Å². The molecule has 1 saturated heterocycles. The molecule has 1 fully saturated rings. The van der Waals surface area contributed by atoms with Crippen LogP contribution in [-0.4, -0.2) is 54.7 Å². The SMILES string of the molecule is N[C@]1(CNC2=C(F)CNC(C3=CNC4NC=CC=C34)=N2)CCCN(C(=O)Nc2ccccc2)C1. The van der Waals surface area contributed by atoms with Crippen molar-refractivity contribution >= 4 is 17.6 Å². The number of carbonyl (C=O) groups excluding carboxylic acids is 1. The highest BCUT2D eigenvalue weighted by Crippen LogP contribution is 2.25. The molecule has 0 saturated carbocycles. The summed E-state index contributed by atoms with van der Waals surface area (Å²) in [5.74, 6) is 0.398. The molecule has 178 valence electrons. The summed E-state index contributed by atoms with van der Waals surface area (Å²) in [6, 6.07) is 9.13. The maximum absolute atomic E-state index is 14.6. The fourth-order valence-corrected chi connectivity index (χ4v) is 4.54. The van der Waals surface area contributed by atoms with Gasteiger partial charge in [-0.1, -0.05) is 24.3 Å². The summed E-state index contributed by atoms with van der Waals surface area (Å²) in [5.41, 5.74) is 8.62. The second-order valence-electron chi connectivity index (χ2n) is 8.91. The summed E-state index contributed by atoms with van der Waals surface area (Å²) in [7, 11) is 0. The van der Waals surface area contributed by atoms with Crippen LogP contribution < -0.4 is 32.3 Å². The lowest BCUT2D eigenvalue weighted by Gasteiger charge is -2.40. The van der Waals surface area contributed by atoms with E-state index in [9.17, 15) is 9.18 Å². The lowest BCUT2D eigenvalue weighted by molar-refractivity contribution is 0.161. The number of hydrogen-bond donors (Lipinski definition) is 6. The van der Waals surface area contributed by atoms with Gasteiger partial charge in [0, 0.05) is 42.7 Å². The van der Waals surface area contributed by atoms with E-state index in [0.717, 1.165) is 29.7 Å². The molecule has 1 unspecified atom stereocenters. The predicted molar refractivity (Wildman–Crippen MR) is 130 cm³/mol. The quantitative estimate of drug-likeness (QED) is 0.394. The molecule has 2 atom stereocenters. The minimum Gasteiger partial charge on any atom is -0.368 e. The maximum Gasteiger partial charge on any atom is 0.321 e. The third kappa shape index (κ3) is 4.62. The van der Waals surface area contributed by atoms with Gasteiger partial charge >= 0.3 is 6.03 Å². The number of rotatable bonds is 5. The number of aliphatic imine (C=N–C) groups is 1. The summed E-state index contributed by atoms with van der Waals surface area (Å²) in [6.45, 7) is 1.34. The molecule has 0 aromatic heterocycles. The van der Waals surface area contributed by atoms with Crippen LogP contribution in [0.5, 0.6) is 0 Å². The molecule has 0 bridgehead atoms. The number of dihydropyridines is 1.